The third-order valence-electron chi connectivity index (χ3n) is 3.65. The highest BCUT2D eigenvalue weighted by molar-refractivity contribution is 14.1. The van der Waals surface area contributed by atoms with Crippen LogP contribution in [0.1, 0.15) is 29.3 Å². The fraction of sp³-hybridized carbons (Fsp3) is 0.278. The largest absolute Gasteiger partial charge is 0.396 e. The van der Waals surface area contributed by atoms with Crippen molar-refractivity contribution in [2.45, 2.75) is 26.4 Å². The van der Waals surface area contributed by atoms with Gasteiger partial charge in [0.25, 0.3) is 5.91 Å². The van der Waals surface area contributed by atoms with Gasteiger partial charge in [0, 0.05) is 21.9 Å². The SMILES string of the molecule is Cc1cc(I)ccc1Nc1cc(F)c(F)cc1C(=O)NOC(C)CCO. The Morgan fingerprint density at radius 2 is 1.92 bits per heavy atom. The molecule has 0 bridgehead atoms. The van der Waals surface area contributed by atoms with Crippen LogP contribution in [0.25, 0.3) is 0 Å². The van der Waals surface area contributed by atoms with Gasteiger partial charge in [0.1, 0.15) is 0 Å². The number of nitrogens with one attached hydrogen (secondary N) is 2. The Bertz CT molecular complexity index is 802. The number of hydrogen-bond acceptors (Lipinski definition) is 4. The van der Waals surface area contributed by atoms with Gasteiger partial charge < -0.3 is 10.4 Å². The number of aliphatic hydroxyl groups is 1. The number of carbonyl (C=O) groups is 1. The van der Waals surface area contributed by atoms with Crippen LogP contribution in [0.3, 0.4) is 0 Å². The van der Waals surface area contributed by atoms with Crippen molar-refractivity contribution in [3.05, 3.63) is 56.7 Å². The van der Waals surface area contributed by atoms with Crippen LogP contribution >= 0.6 is 22.6 Å². The van der Waals surface area contributed by atoms with Gasteiger partial charge in [-0.3, -0.25) is 9.63 Å². The van der Waals surface area contributed by atoms with Gasteiger partial charge in [-0.1, -0.05) is 0 Å². The van der Waals surface area contributed by atoms with E-state index in [4.69, 9.17) is 9.94 Å². The number of aliphatic hydroxyl groups excluding tert-OH is 1. The van der Waals surface area contributed by atoms with E-state index in [1.54, 1.807) is 13.0 Å². The van der Waals surface area contributed by atoms with Gasteiger partial charge in [-0.2, -0.15) is 0 Å². The first kappa shape index (κ1) is 20.5. The van der Waals surface area contributed by atoms with E-state index in [1.165, 1.54) is 0 Å². The highest BCUT2D eigenvalue weighted by Gasteiger charge is 2.18. The number of halogens is 3. The van der Waals surface area contributed by atoms with E-state index in [0.29, 0.717) is 12.1 Å². The number of hydroxylamine groups is 1. The average molecular weight is 476 g/mol. The minimum absolute atomic E-state index is 0.0961. The molecule has 0 aromatic heterocycles. The molecule has 2 aromatic carbocycles. The Labute approximate surface area is 163 Å². The molecule has 2 rings (SSSR count). The van der Waals surface area contributed by atoms with Crippen molar-refractivity contribution in [2.24, 2.45) is 0 Å². The number of carbonyl (C=O) groups excluding carboxylic acids is 1. The molecule has 0 fully saturated rings. The molecule has 0 aliphatic heterocycles. The molecule has 8 heteroatoms. The molecule has 0 aliphatic rings. The second-order valence-electron chi connectivity index (χ2n) is 5.77. The Morgan fingerprint density at radius 1 is 1.23 bits per heavy atom. The highest BCUT2D eigenvalue weighted by Crippen LogP contribution is 2.27. The van der Waals surface area contributed by atoms with Crippen LogP contribution in [0.15, 0.2) is 30.3 Å². The molecular weight excluding hydrogens is 457 g/mol. The van der Waals surface area contributed by atoms with Crippen LogP contribution in [-0.2, 0) is 4.84 Å². The molecule has 1 amide bonds. The predicted molar refractivity (Wildman–Crippen MR) is 103 cm³/mol. The van der Waals surface area contributed by atoms with E-state index >= 15 is 0 Å². The Kier molecular flexibility index (Phi) is 7.30. The summed E-state index contributed by atoms with van der Waals surface area (Å²) in [5.74, 6) is -2.93. The van der Waals surface area contributed by atoms with E-state index in [1.807, 2.05) is 19.1 Å². The predicted octanol–water partition coefficient (Wildman–Crippen LogP) is 4.05. The maximum absolute atomic E-state index is 13.7. The third kappa shape index (κ3) is 5.36. The van der Waals surface area contributed by atoms with Crippen molar-refractivity contribution in [1.29, 1.82) is 0 Å². The zero-order valence-corrected chi connectivity index (χ0v) is 16.4. The third-order valence-corrected chi connectivity index (χ3v) is 4.32. The fourth-order valence-electron chi connectivity index (χ4n) is 2.20. The van der Waals surface area contributed by atoms with Crippen molar-refractivity contribution in [3.8, 4) is 0 Å². The summed E-state index contributed by atoms with van der Waals surface area (Å²) in [4.78, 5) is 17.4. The summed E-state index contributed by atoms with van der Waals surface area (Å²) >= 11 is 2.17. The number of anilines is 2. The molecule has 3 N–H and O–H groups in total. The minimum atomic E-state index is -1.14. The molecule has 1 atom stereocenters. The minimum Gasteiger partial charge on any atom is -0.396 e. The molecule has 0 spiro atoms. The van der Waals surface area contributed by atoms with Crippen molar-refractivity contribution >= 4 is 39.9 Å². The van der Waals surface area contributed by atoms with E-state index < -0.39 is 23.6 Å². The molecule has 26 heavy (non-hydrogen) atoms. The molecule has 140 valence electrons. The van der Waals surface area contributed by atoms with E-state index in [-0.39, 0.29) is 17.9 Å². The highest BCUT2D eigenvalue weighted by atomic mass is 127. The fourth-order valence-corrected chi connectivity index (χ4v) is 2.85. The Balaban J connectivity index is 2.28. The zero-order valence-electron chi connectivity index (χ0n) is 14.3. The molecular formula is C18H19F2IN2O3. The molecule has 5 nitrogen and oxygen atoms in total. The topological polar surface area (TPSA) is 70.6 Å². The lowest BCUT2D eigenvalue weighted by atomic mass is 10.1. The lowest BCUT2D eigenvalue weighted by molar-refractivity contribution is -0.0168. The van der Waals surface area contributed by atoms with Gasteiger partial charge in [-0.25, -0.2) is 14.3 Å². The first-order valence-electron chi connectivity index (χ1n) is 7.91. The van der Waals surface area contributed by atoms with E-state index in [0.717, 1.165) is 21.3 Å². The molecule has 2 aromatic rings. The van der Waals surface area contributed by atoms with Gasteiger partial charge in [0.15, 0.2) is 11.6 Å². The van der Waals surface area contributed by atoms with Crippen LogP contribution in [0.4, 0.5) is 20.2 Å². The first-order valence-corrected chi connectivity index (χ1v) is 8.98. The Hall–Kier alpha value is -1.78. The van der Waals surface area contributed by atoms with Gasteiger partial charge >= 0.3 is 0 Å². The maximum atomic E-state index is 13.7. The molecule has 1 unspecified atom stereocenters. The van der Waals surface area contributed by atoms with Crippen LogP contribution < -0.4 is 10.8 Å². The molecule has 0 aliphatic carbocycles. The van der Waals surface area contributed by atoms with E-state index in [9.17, 15) is 13.6 Å². The summed E-state index contributed by atoms with van der Waals surface area (Å²) < 4.78 is 28.4. The van der Waals surface area contributed by atoms with Crippen LogP contribution in [0.5, 0.6) is 0 Å². The van der Waals surface area contributed by atoms with E-state index in [2.05, 4.69) is 33.4 Å². The first-order chi connectivity index (χ1) is 12.3. The summed E-state index contributed by atoms with van der Waals surface area (Å²) in [6.45, 7) is 3.43. The lowest BCUT2D eigenvalue weighted by Crippen LogP contribution is -2.29. The van der Waals surface area contributed by atoms with Gasteiger partial charge in [-0.15, -0.1) is 0 Å². The molecule has 0 radical (unpaired) electrons. The second kappa shape index (κ2) is 9.24. The quantitative estimate of drug-likeness (QED) is 0.417. The maximum Gasteiger partial charge on any atom is 0.277 e. The van der Waals surface area contributed by atoms with Crippen LogP contribution in [-0.4, -0.2) is 23.7 Å². The van der Waals surface area contributed by atoms with Gasteiger partial charge in [-0.05, 0) is 72.7 Å². The summed E-state index contributed by atoms with van der Waals surface area (Å²) in [5.41, 5.74) is 3.77. The Morgan fingerprint density at radius 3 is 2.58 bits per heavy atom. The molecule has 0 saturated carbocycles. The average Bonchev–Trinajstić information content (AvgIpc) is 2.58. The molecule has 0 heterocycles. The lowest BCUT2D eigenvalue weighted by Gasteiger charge is -2.16. The number of amides is 1. The summed E-state index contributed by atoms with van der Waals surface area (Å²) in [5, 5.41) is 11.8. The number of aryl methyl sites for hydroxylation is 1. The smallest absolute Gasteiger partial charge is 0.277 e. The van der Waals surface area contributed by atoms with Gasteiger partial charge in [0.05, 0.1) is 17.4 Å². The van der Waals surface area contributed by atoms with Gasteiger partial charge in [0.2, 0.25) is 0 Å². The monoisotopic (exact) mass is 476 g/mol. The number of rotatable bonds is 7. The summed E-state index contributed by atoms with van der Waals surface area (Å²) in [7, 11) is 0. The number of hydrogen-bond donors (Lipinski definition) is 3. The summed E-state index contributed by atoms with van der Waals surface area (Å²) in [6.07, 6.45) is -0.102. The summed E-state index contributed by atoms with van der Waals surface area (Å²) in [6, 6.07) is 7.31. The standard InChI is InChI=1S/C18H19F2IN2O3/c1-10-7-12(21)3-4-16(10)22-17-9-15(20)14(19)8-13(17)18(25)23-26-11(2)5-6-24/h3-4,7-9,11,22,24H,5-6H2,1-2H3,(H,23,25). The van der Waals surface area contributed by atoms with Crippen molar-refractivity contribution in [3.63, 3.8) is 0 Å². The van der Waals surface area contributed by atoms with Crippen molar-refractivity contribution < 1.29 is 23.5 Å². The van der Waals surface area contributed by atoms with Crippen molar-refractivity contribution in [2.75, 3.05) is 11.9 Å². The normalized spacial score (nSPS) is 11.9. The van der Waals surface area contributed by atoms with Crippen molar-refractivity contribution in [1.82, 2.24) is 5.48 Å². The van der Waals surface area contributed by atoms with Crippen LogP contribution in [0, 0.1) is 22.1 Å². The zero-order chi connectivity index (χ0) is 19.3. The molecule has 0 saturated heterocycles. The second-order valence-corrected chi connectivity index (χ2v) is 7.01. The number of benzene rings is 2. The van der Waals surface area contributed by atoms with Crippen LogP contribution in [0.2, 0.25) is 0 Å².